The van der Waals surface area contributed by atoms with Crippen LogP contribution in [0.3, 0.4) is 0 Å². The van der Waals surface area contributed by atoms with Crippen LogP contribution >= 0.6 is 11.3 Å². The van der Waals surface area contributed by atoms with E-state index in [2.05, 4.69) is 26.8 Å². The Morgan fingerprint density at radius 3 is 2.73 bits per heavy atom. The van der Waals surface area contributed by atoms with Crippen molar-refractivity contribution >= 4 is 17.1 Å². The maximum Gasteiger partial charge on any atom is 0.139 e. The van der Waals surface area contributed by atoms with Crippen LogP contribution in [0.4, 0.5) is 0 Å². The van der Waals surface area contributed by atoms with E-state index < -0.39 is 0 Å². The van der Waals surface area contributed by atoms with Crippen molar-refractivity contribution < 1.29 is 4.79 Å². The number of carbonyl (C=O) groups excluding carboxylic acids is 1. The number of nitrogens with zero attached hydrogens (tertiary/aromatic N) is 1. The first-order valence-corrected chi connectivity index (χ1v) is 11.2. The number of ketones is 1. The second-order valence-electron chi connectivity index (χ2n) is 10.0. The topological polar surface area (TPSA) is 40.9 Å². The molecule has 0 bridgehead atoms. The molecule has 0 aliphatic heterocycles. The molecule has 5 rings (SSSR count). The molecule has 1 aromatic heterocycles. The van der Waals surface area contributed by atoms with Crippen molar-refractivity contribution in [1.82, 2.24) is 0 Å². The number of thiophene rings is 1. The molecule has 1 aromatic rings. The van der Waals surface area contributed by atoms with E-state index in [1.54, 1.807) is 0 Å². The lowest BCUT2D eigenvalue weighted by molar-refractivity contribution is -0.136. The normalized spacial score (nSPS) is 43.8. The van der Waals surface area contributed by atoms with E-state index in [9.17, 15) is 10.1 Å². The monoisotopic (exact) mass is 367 g/mol. The van der Waals surface area contributed by atoms with E-state index >= 15 is 0 Å². The number of Topliss-reactive ketones (excluding diaryl/α,β-unsaturated/α-hetero) is 1. The third-order valence-corrected chi connectivity index (χ3v) is 10.3. The highest BCUT2D eigenvalue weighted by Crippen LogP contribution is 2.65. The molecule has 0 spiro atoms. The van der Waals surface area contributed by atoms with Gasteiger partial charge in [0.2, 0.25) is 0 Å². The summed E-state index contributed by atoms with van der Waals surface area (Å²) in [5, 5.41) is 9.59. The fraction of sp³-hybridized carbons (Fsp3) is 0.739. The molecule has 3 heteroatoms. The predicted octanol–water partition coefficient (Wildman–Crippen LogP) is 5.45. The average molecular weight is 368 g/mol. The van der Waals surface area contributed by atoms with Gasteiger partial charge in [-0.25, -0.2) is 0 Å². The summed E-state index contributed by atoms with van der Waals surface area (Å²) in [6.45, 7) is 6.95. The van der Waals surface area contributed by atoms with Crippen molar-refractivity contribution in [1.29, 1.82) is 5.26 Å². The van der Waals surface area contributed by atoms with E-state index in [1.165, 1.54) is 41.0 Å². The van der Waals surface area contributed by atoms with Gasteiger partial charge in [-0.05, 0) is 86.5 Å². The number of hydrogen-bond donors (Lipinski definition) is 0. The Morgan fingerprint density at radius 2 is 1.96 bits per heavy atom. The summed E-state index contributed by atoms with van der Waals surface area (Å²) >= 11 is 1.88. The Labute approximate surface area is 161 Å². The number of fused-ring (bicyclic) bond motifs is 6. The van der Waals surface area contributed by atoms with Crippen LogP contribution in [0.2, 0.25) is 0 Å². The molecule has 2 nitrogen and oxygen atoms in total. The molecule has 4 aliphatic rings. The first-order chi connectivity index (χ1) is 12.4. The Hall–Kier alpha value is -1.14. The van der Waals surface area contributed by atoms with Crippen molar-refractivity contribution in [3.8, 4) is 6.07 Å². The van der Waals surface area contributed by atoms with Crippen LogP contribution in [0.1, 0.15) is 73.3 Å². The minimum atomic E-state index is -0.0162. The Kier molecular flexibility index (Phi) is 3.56. The molecule has 26 heavy (non-hydrogen) atoms. The van der Waals surface area contributed by atoms with Crippen LogP contribution < -0.4 is 0 Å². The molecule has 0 unspecified atom stereocenters. The van der Waals surface area contributed by atoms with Crippen molar-refractivity contribution in [2.45, 2.75) is 72.1 Å². The van der Waals surface area contributed by atoms with Gasteiger partial charge in [-0.15, -0.1) is 11.3 Å². The zero-order valence-electron chi connectivity index (χ0n) is 16.2. The van der Waals surface area contributed by atoms with Crippen LogP contribution in [-0.2, 0) is 17.6 Å². The standard InChI is InChI=1S/C23H29NOS/c1-13-17(12-24)16-10-14-4-5-15-18-6-7-21(25)22(18,2)9-8-19(15)23(14,3)11-20(16)26-13/h14-15,18-19H,4-11H2,1-3H3/t14-,15+,18-,19+,22+,23+/m0/s1. The fourth-order valence-corrected chi connectivity index (χ4v) is 9.00. The zero-order chi connectivity index (χ0) is 18.3. The molecule has 1 heterocycles. The van der Waals surface area contributed by atoms with Crippen molar-refractivity contribution in [2.75, 3.05) is 0 Å². The summed E-state index contributed by atoms with van der Waals surface area (Å²) in [5.41, 5.74) is 2.71. The summed E-state index contributed by atoms with van der Waals surface area (Å²) < 4.78 is 0. The maximum atomic E-state index is 12.6. The second-order valence-corrected chi connectivity index (χ2v) is 11.3. The Balaban J connectivity index is 1.52. The molecule has 0 N–H and O–H groups in total. The largest absolute Gasteiger partial charge is 0.299 e. The number of hydrogen-bond acceptors (Lipinski definition) is 3. The number of nitriles is 1. The number of carbonyl (C=O) groups is 1. The predicted molar refractivity (Wildman–Crippen MR) is 104 cm³/mol. The summed E-state index contributed by atoms with van der Waals surface area (Å²) in [5.74, 6) is 3.42. The van der Waals surface area contributed by atoms with Crippen molar-refractivity contribution in [3.05, 3.63) is 20.9 Å². The van der Waals surface area contributed by atoms with E-state index in [-0.39, 0.29) is 5.41 Å². The molecule has 3 fully saturated rings. The minimum Gasteiger partial charge on any atom is -0.299 e. The van der Waals surface area contributed by atoms with Gasteiger partial charge in [0.1, 0.15) is 11.9 Å². The van der Waals surface area contributed by atoms with Gasteiger partial charge in [0.05, 0.1) is 5.56 Å². The van der Waals surface area contributed by atoms with Gasteiger partial charge in [-0.2, -0.15) is 5.26 Å². The van der Waals surface area contributed by atoms with Crippen LogP contribution in [0, 0.1) is 52.8 Å². The third kappa shape index (κ3) is 2.00. The summed E-state index contributed by atoms with van der Waals surface area (Å²) in [4.78, 5) is 15.3. The van der Waals surface area contributed by atoms with E-state index in [0.29, 0.717) is 17.1 Å². The molecule has 0 radical (unpaired) electrons. The molecular weight excluding hydrogens is 338 g/mol. The van der Waals surface area contributed by atoms with Gasteiger partial charge in [-0.3, -0.25) is 4.79 Å². The lowest BCUT2D eigenvalue weighted by Crippen LogP contribution is -2.54. The quantitative estimate of drug-likeness (QED) is 0.611. The summed E-state index contributed by atoms with van der Waals surface area (Å²) in [6, 6.07) is 2.48. The van der Waals surface area contributed by atoms with Crippen LogP contribution in [-0.4, -0.2) is 5.78 Å². The smallest absolute Gasteiger partial charge is 0.139 e. The second kappa shape index (κ2) is 5.44. The van der Waals surface area contributed by atoms with Gasteiger partial charge >= 0.3 is 0 Å². The Bertz CT molecular complexity index is 832. The van der Waals surface area contributed by atoms with Gasteiger partial charge in [0.15, 0.2) is 0 Å². The molecule has 6 atom stereocenters. The zero-order valence-corrected chi connectivity index (χ0v) is 17.0. The molecule has 0 saturated heterocycles. The highest BCUT2D eigenvalue weighted by Gasteiger charge is 2.60. The molecule has 3 saturated carbocycles. The summed E-state index contributed by atoms with van der Waals surface area (Å²) in [6.07, 6.45) is 9.18. The Morgan fingerprint density at radius 1 is 1.15 bits per heavy atom. The highest BCUT2D eigenvalue weighted by atomic mass is 32.1. The van der Waals surface area contributed by atoms with Crippen LogP contribution in [0.25, 0.3) is 0 Å². The third-order valence-electron chi connectivity index (χ3n) is 9.14. The van der Waals surface area contributed by atoms with Crippen molar-refractivity contribution in [3.63, 3.8) is 0 Å². The summed E-state index contributed by atoms with van der Waals surface area (Å²) in [7, 11) is 0. The lowest BCUT2D eigenvalue weighted by Gasteiger charge is -2.59. The average Bonchev–Trinajstić information content (AvgIpc) is 3.07. The molecule has 138 valence electrons. The number of rotatable bonds is 0. The highest BCUT2D eigenvalue weighted by molar-refractivity contribution is 7.12. The van der Waals surface area contributed by atoms with Crippen molar-refractivity contribution in [2.24, 2.45) is 34.5 Å². The minimum absolute atomic E-state index is 0.0162. The fourth-order valence-electron chi connectivity index (χ4n) is 7.66. The first kappa shape index (κ1) is 17.0. The SMILES string of the molecule is Cc1sc2c(c1C#N)C[C@@H]1CC[C@H]3[C@@H](CC[C@@]4(C)C(=O)CC[C@@H]34)[C@]1(C)C2. The molecule has 4 aliphatic carbocycles. The van der Waals surface area contributed by atoms with Gasteiger partial charge < -0.3 is 0 Å². The van der Waals surface area contributed by atoms with Gasteiger partial charge in [0.25, 0.3) is 0 Å². The van der Waals surface area contributed by atoms with E-state index in [0.717, 1.165) is 49.0 Å². The van der Waals surface area contributed by atoms with Crippen LogP contribution in [0.5, 0.6) is 0 Å². The van der Waals surface area contributed by atoms with E-state index in [1.807, 2.05) is 11.3 Å². The first-order valence-electron chi connectivity index (χ1n) is 10.4. The molecule has 0 amide bonds. The number of aryl methyl sites for hydroxylation is 1. The van der Waals surface area contributed by atoms with Gasteiger partial charge in [0, 0.05) is 21.6 Å². The van der Waals surface area contributed by atoms with Gasteiger partial charge in [-0.1, -0.05) is 13.8 Å². The lowest BCUT2D eigenvalue weighted by atomic mass is 9.45. The van der Waals surface area contributed by atoms with Crippen LogP contribution in [0.15, 0.2) is 0 Å². The molecule has 0 aromatic carbocycles. The molecular formula is C23H29NOS. The maximum absolute atomic E-state index is 12.6. The van der Waals surface area contributed by atoms with E-state index in [4.69, 9.17) is 0 Å².